The summed E-state index contributed by atoms with van der Waals surface area (Å²) in [6.07, 6.45) is 0. The fourth-order valence-corrected chi connectivity index (χ4v) is 1.88. The van der Waals surface area contributed by atoms with E-state index in [2.05, 4.69) is 5.32 Å². The van der Waals surface area contributed by atoms with Gasteiger partial charge >= 0.3 is 0 Å². The fraction of sp³-hybridized carbons (Fsp3) is 0.222. The highest BCUT2D eigenvalue weighted by atomic mass is 16.5. The van der Waals surface area contributed by atoms with Crippen molar-refractivity contribution in [2.45, 2.75) is 13.5 Å². The molecular formula is C18H20N2O3. The van der Waals surface area contributed by atoms with E-state index in [0.717, 1.165) is 17.1 Å². The third-order valence-corrected chi connectivity index (χ3v) is 3.31. The van der Waals surface area contributed by atoms with Gasteiger partial charge in [0.05, 0.1) is 6.54 Å². The monoisotopic (exact) mass is 312 g/mol. The van der Waals surface area contributed by atoms with Crippen molar-refractivity contribution in [1.82, 2.24) is 10.2 Å². The zero-order valence-corrected chi connectivity index (χ0v) is 13.3. The fourth-order valence-electron chi connectivity index (χ4n) is 1.88. The predicted molar refractivity (Wildman–Crippen MR) is 88.1 cm³/mol. The van der Waals surface area contributed by atoms with Gasteiger partial charge in [-0.3, -0.25) is 9.59 Å². The number of likely N-dealkylation sites (N-methyl/N-ethyl adjacent to an activating group) is 1. The average Bonchev–Trinajstić information content (AvgIpc) is 2.55. The van der Waals surface area contributed by atoms with E-state index in [-0.39, 0.29) is 18.4 Å². The molecule has 120 valence electrons. The lowest BCUT2D eigenvalue weighted by Crippen LogP contribution is -2.36. The number of rotatable bonds is 6. The SMILES string of the molecule is CC(=O)N(C)CC(=O)NCc1ccc(Oc2ccccc2)cc1. The maximum Gasteiger partial charge on any atom is 0.239 e. The van der Waals surface area contributed by atoms with Crippen LogP contribution in [0.4, 0.5) is 0 Å². The van der Waals surface area contributed by atoms with Crippen molar-refractivity contribution >= 4 is 11.8 Å². The molecule has 0 unspecified atom stereocenters. The number of nitrogens with zero attached hydrogens (tertiary/aromatic N) is 1. The second kappa shape index (κ2) is 7.98. The van der Waals surface area contributed by atoms with E-state index in [0.29, 0.717) is 6.54 Å². The van der Waals surface area contributed by atoms with Gasteiger partial charge in [0.2, 0.25) is 11.8 Å². The summed E-state index contributed by atoms with van der Waals surface area (Å²) in [5, 5.41) is 2.78. The predicted octanol–water partition coefficient (Wildman–Crippen LogP) is 2.57. The standard InChI is InChI=1S/C18H20N2O3/c1-14(21)20(2)13-18(22)19-12-15-8-10-17(11-9-15)23-16-6-4-3-5-7-16/h3-11H,12-13H2,1-2H3,(H,19,22). The zero-order valence-electron chi connectivity index (χ0n) is 13.3. The Hall–Kier alpha value is -2.82. The van der Waals surface area contributed by atoms with E-state index in [1.807, 2.05) is 54.6 Å². The third kappa shape index (κ3) is 5.47. The van der Waals surface area contributed by atoms with Crippen molar-refractivity contribution in [3.05, 3.63) is 60.2 Å². The van der Waals surface area contributed by atoms with Gasteiger partial charge in [0.1, 0.15) is 11.5 Å². The Morgan fingerprint density at radius 3 is 2.22 bits per heavy atom. The molecule has 0 saturated carbocycles. The first-order valence-electron chi connectivity index (χ1n) is 7.35. The van der Waals surface area contributed by atoms with E-state index in [9.17, 15) is 9.59 Å². The summed E-state index contributed by atoms with van der Waals surface area (Å²) in [6.45, 7) is 1.90. The molecule has 0 saturated heterocycles. The number of carbonyl (C=O) groups excluding carboxylic acids is 2. The second-order valence-electron chi connectivity index (χ2n) is 5.21. The van der Waals surface area contributed by atoms with Crippen molar-refractivity contribution in [3.63, 3.8) is 0 Å². The Morgan fingerprint density at radius 2 is 1.61 bits per heavy atom. The van der Waals surface area contributed by atoms with Gasteiger partial charge in [0.15, 0.2) is 0 Å². The highest BCUT2D eigenvalue weighted by Gasteiger charge is 2.08. The summed E-state index contributed by atoms with van der Waals surface area (Å²) in [5.74, 6) is 1.19. The molecule has 5 nitrogen and oxygen atoms in total. The van der Waals surface area contributed by atoms with E-state index < -0.39 is 0 Å². The lowest BCUT2D eigenvalue weighted by molar-refractivity contribution is -0.133. The third-order valence-electron chi connectivity index (χ3n) is 3.31. The first-order chi connectivity index (χ1) is 11.0. The van der Waals surface area contributed by atoms with Gasteiger partial charge in [0.25, 0.3) is 0 Å². The Bertz CT molecular complexity index is 654. The lowest BCUT2D eigenvalue weighted by Gasteiger charge is -2.14. The highest BCUT2D eigenvalue weighted by molar-refractivity contribution is 5.83. The molecule has 0 atom stereocenters. The number of hydrogen-bond donors (Lipinski definition) is 1. The first kappa shape index (κ1) is 16.5. The number of benzene rings is 2. The van der Waals surface area contributed by atoms with Crippen molar-refractivity contribution in [2.24, 2.45) is 0 Å². The zero-order chi connectivity index (χ0) is 16.7. The average molecular weight is 312 g/mol. The van der Waals surface area contributed by atoms with Gasteiger partial charge in [-0.15, -0.1) is 0 Å². The summed E-state index contributed by atoms with van der Waals surface area (Å²) in [7, 11) is 1.59. The largest absolute Gasteiger partial charge is 0.457 e. The molecule has 0 aliphatic rings. The molecule has 0 spiro atoms. The molecule has 0 radical (unpaired) electrons. The molecule has 0 aromatic heterocycles. The number of amides is 2. The Kier molecular flexibility index (Phi) is 5.74. The minimum Gasteiger partial charge on any atom is -0.457 e. The summed E-state index contributed by atoms with van der Waals surface area (Å²) < 4.78 is 5.71. The Labute approximate surface area is 135 Å². The minimum atomic E-state index is -0.188. The Balaban J connectivity index is 1.83. The normalized spacial score (nSPS) is 10.0. The van der Waals surface area contributed by atoms with Crippen LogP contribution in [0.25, 0.3) is 0 Å². The number of carbonyl (C=O) groups is 2. The van der Waals surface area contributed by atoms with Crippen LogP contribution in [-0.2, 0) is 16.1 Å². The molecule has 0 aliphatic carbocycles. The molecule has 0 bridgehead atoms. The van der Waals surface area contributed by atoms with Crippen LogP contribution in [0.5, 0.6) is 11.5 Å². The number of nitrogens with one attached hydrogen (secondary N) is 1. The van der Waals surface area contributed by atoms with E-state index in [1.165, 1.54) is 11.8 Å². The molecule has 23 heavy (non-hydrogen) atoms. The number of para-hydroxylation sites is 1. The van der Waals surface area contributed by atoms with E-state index in [4.69, 9.17) is 4.74 Å². The van der Waals surface area contributed by atoms with Crippen LogP contribution >= 0.6 is 0 Å². The van der Waals surface area contributed by atoms with Gasteiger partial charge in [-0.05, 0) is 29.8 Å². The van der Waals surface area contributed by atoms with Crippen LogP contribution < -0.4 is 10.1 Å². The smallest absolute Gasteiger partial charge is 0.239 e. The highest BCUT2D eigenvalue weighted by Crippen LogP contribution is 2.20. The molecule has 0 aliphatic heterocycles. The molecule has 0 fully saturated rings. The van der Waals surface area contributed by atoms with Gasteiger partial charge < -0.3 is 15.0 Å². The first-order valence-corrected chi connectivity index (χ1v) is 7.35. The van der Waals surface area contributed by atoms with Gasteiger partial charge in [-0.2, -0.15) is 0 Å². The summed E-state index contributed by atoms with van der Waals surface area (Å²) in [4.78, 5) is 24.1. The van der Waals surface area contributed by atoms with Crippen LogP contribution in [0.1, 0.15) is 12.5 Å². The minimum absolute atomic E-state index is 0.0601. The summed E-state index contributed by atoms with van der Waals surface area (Å²) >= 11 is 0. The van der Waals surface area contributed by atoms with Crippen molar-refractivity contribution in [1.29, 1.82) is 0 Å². The van der Waals surface area contributed by atoms with Gasteiger partial charge in [-0.1, -0.05) is 30.3 Å². The van der Waals surface area contributed by atoms with Gasteiger partial charge in [-0.25, -0.2) is 0 Å². The van der Waals surface area contributed by atoms with Gasteiger partial charge in [0, 0.05) is 20.5 Å². The van der Waals surface area contributed by atoms with Crippen LogP contribution in [0.3, 0.4) is 0 Å². The molecule has 2 amide bonds. The maximum absolute atomic E-state index is 11.7. The molecule has 5 heteroatoms. The van der Waals surface area contributed by atoms with Crippen LogP contribution in [0.15, 0.2) is 54.6 Å². The second-order valence-corrected chi connectivity index (χ2v) is 5.21. The molecule has 2 rings (SSSR count). The molecule has 2 aromatic rings. The molecule has 0 heterocycles. The maximum atomic E-state index is 11.7. The van der Waals surface area contributed by atoms with Crippen LogP contribution in [0, 0.1) is 0 Å². The van der Waals surface area contributed by atoms with Crippen LogP contribution in [0.2, 0.25) is 0 Å². The van der Waals surface area contributed by atoms with Crippen LogP contribution in [-0.4, -0.2) is 30.3 Å². The summed E-state index contributed by atoms with van der Waals surface area (Å²) in [6, 6.07) is 17.0. The van der Waals surface area contributed by atoms with Crippen molar-refractivity contribution in [3.8, 4) is 11.5 Å². The molecule has 1 N–H and O–H groups in total. The molecular weight excluding hydrogens is 292 g/mol. The topological polar surface area (TPSA) is 58.6 Å². The van der Waals surface area contributed by atoms with E-state index >= 15 is 0 Å². The van der Waals surface area contributed by atoms with E-state index in [1.54, 1.807) is 7.05 Å². The van der Waals surface area contributed by atoms with Crippen molar-refractivity contribution < 1.29 is 14.3 Å². The molecule has 2 aromatic carbocycles. The summed E-state index contributed by atoms with van der Waals surface area (Å²) in [5.41, 5.74) is 0.962. The Morgan fingerprint density at radius 1 is 1.00 bits per heavy atom. The van der Waals surface area contributed by atoms with Crippen molar-refractivity contribution in [2.75, 3.05) is 13.6 Å². The lowest BCUT2D eigenvalue weighted by atomic mass is 10.2. The number of hydrogen-bond acceptors (Lipinski definition) is 3. The quantitative estimate of drug-likeness (QED) is 0.892. The number of ether oxygens (including phenoxy) is 1.